The van der Waals surface area contributed by atoms with Crippen LogP contribution in [0.2, 0.25) is 5.02 Å². The molecule has 4 heteroatoms. The fourth-order valence-electron chi connectivity index (χ4n) is 0.921. The van der Waals surface area contributed by atoms with Gasteiger partial charge in [-0.2, -0.15) is 0 Å². The largest absolute Gasteiger partial charge is 0.383 e. The van der Waals surface area contributed by atoms with Gasteiger partial charge in [0.2, 0.25) is 0 Å². The number of halogens is 2. The van der Waals surface area contributed by atoms with Gasteiger partial charge in [-0.05, 0) is 40.8 Å². The van der Waals surface area contributed by atoms with Crippen LogP contribution in [-0.2, 0) is 4.74 Å². The molecular weight excluding hydrogens is 300 g/mol. The van der Waals surface area contributed by atoms with E-state index in [2.05, 4.69) is 27.9 Å². The van der Waals surface area contributed by atoms with Crippen molar-refractivity contribution in [3.8, 4) is 0 Å². The number of ether oxygens (including phenoxy) is 1. The normalized spacial score (nSPS) is 10.1. The van der Waals surface area contributed by atoms with Gasteiger partial charge < -0.3 is 10.1 Å². The summed E-state index contributed by atoms with van der Waals surface area (Å²) in [6.45, 7) is 1.46. The monoisotopic (exact) mass is 311 g/mol. The lowest BCUT2D eigenvalue weighted by Gasteiger charge is -2.07. The maximum atomic E-state index is 6.00. The summed E-state index contributed by atoms with van der Waals surface area (Å²) in [6, 6.07) is 5.92. The van der Waals surface area contributed by atoms with Gasteiger partial charge in [0.1, 0.15) is 0 Å². The number of methoxy groups -OCH3 is 1. The van der Waals surface area contributed by atoms with Crippen molar-refractivity contribution in [1.29, 1.82) is 0 Å². The van der Waals surface area contributed by atoms with E-state index in [1.807, 2.05) is 18.2 Å². The average Bonchev–Trinajstić information content (AvgIpc) is 2.09. The summed E-state index contributed by atoms with van der Waals surface area (Å²) < 4.78 is 6.06. The molecule has 1 aromatic carbocycles. The Hall–Kier alpha value is -0.0000000000000000555. The van der Waals surface area contributed by atoms with E-state index in [9.17, 15) is 0 Å². The molecule has 0 fully saturated rings. The molecule has 0 spiro atoms. The number of hydrogen-bond donors (Lipinski definition) is 1. The van der Waals surface area contributed by atoms with Gasteiger partial charge in [0.05, 0.1) is 17.3 Å². The molecule has 13 heavy (non-hydrogen) atoms. The Balaban J connectivity index is 2.56. The minimum absolute atomic E-state index is 0.683. The van der Waals surface area contributed by atoms with E-state index in [0.717, 1.165) is 20.8 Å². The fraction of sp³-hybridized carbons (Fsp3) is 0.333. The Bertz CT molecular complexity index is 280. The zero-order valence-electron chi connectivity index (χ0n) is 7.31. The van der Waals surface area contributed by atoms with Crippen LogP contribution in [0.1, 0.15) is 0 Å². The molecule has 1 aromatic rings. The second-order valence-corrected chi connectivity index (χ2v) is 4.20. The molecule has 0 aliphatic carbocycles. The van der Waals surface area contributed by atoms with Crippen LogP contribution in [0.3, 0.4) is 0 Å². The van der Waals surface area contributed by atoms with Crippen molar-refractivity contribution < 1.29 is 4.74 Å². The molecule has 0 heterocycles. The first kappa shape index (κ1) is 11.1. The van der Waals surface area contributed by atoms with Gasteiger partial charge in [-0.15, -0.1) is 0 Å². The van der Waals surface area contributed by atoms with Crippen molar-refractivity contribution in [2.75, 3.05) is 25.6 Å². The second-order valence-electron chi connectivity index (χ2n) is 2.54. The van der Waals surface area contributed by atoms with Crippen LogP contribution in [0.5, 0.6) is 0 Å². The Morgan fingerprint density at radius 3 is 2.92 bits per heavy atom. The van der Waals surface area contributed by atoms with Gasteiger partial charge >= 0.3 is 0 Å². The highest BCUT2D eigenvalue weighted by Crippen LogP contribution is 2.23. The standard InChI is InChI=1S/C9H11ClINO/c1-13-5-4-12-9-3-2-7(11)6-8(9)10/h2-3,6,12H,4-5H2,1H3. The molecule has 0 aliphatic rings. The summed E-state index contributed by atoms with van der Waals surface area (Å²) in [7, 11) is 1.68. The number of hydrogen-bond acceptors (Lipinski definition) is 2. The molecule has 0 atom stereocenters. The zero-order valence-corrected chi connectivity index (χ0v) is 10.2. The van der Waals surface area contributed by atoms with Crippen LogP contribution >= 0.6 is 34.2 Å². The predicted octanol–water partition coefficient (Wildman–Crippen LogP) is 3.00. The molecule has 1 rings (SSSR count). The number of rotatable bonds is 4. The molecular formula is C9H11ClINO. The summed E-state index contributed by atoms with van der Waals surface area (Å²) in [5.74, 6) is 0. The number of anilines is 1. The molecule has 0 radical (unpaired) electrons. The van der Waals surface area contributed by atoms with E-state index in [-0.39, 0.29) is 0 Å². The van der Waals surface area contributed by atoms with Crippen molar-refractivity contribution in [2.45, 2.75) is 0 Å². The van der Waals surface area contributed by atoms with Gasteiger partial charge in [0.15, 0.2) is 0 Å². The Morgan fingerprint density at radius 1 is 1.54 bits per heavy atom. The lowest BCUT2D eigenvalue weighted by Crippen LogP contribution is -2.07. The minimum Gasteiger partial charge on any atom is -0.383 e. The van der Waals surface area contributed by atoms with Gasteiger partial charge in [-0.1, -0.05) is 11.6 Å². The smallest absolute Gasteiger partial charge is 0.0648 e. The fourth-order valence-corrected chi connectivity index (χ4v) is 1.84. The Labute approximate surface area is 96.8 Å². The maximum absolute atomic E-state index is 6.00. The van der Waals surface area contributed by atoms with Crippen molar-refractivity contribution >= 4 is 39.9 Å². The third kappa shape index (κ3) is 3.70. The van der Waals surface area contributed by atoms with Gasteiger partial charge in [-0.25, -0.2) is 0 Å². The summed E-state index contributed by atoms with van der Waals surface area (Å²) in [5.41, 5.74) is 0.958. The summed E-state index contributed by atoms with van der Waals surface area (Å²) in [5, 5.41) is 3.93. The highest BCUT2D eigenvalue weighted by atomic mass is 127. The third-order valence-electron chi connectivity index (χ3n) is 1.55. The van der Waals surface area contributed by atoms with Crippen LogP contribution in [0.25, 0.3) is 0 Å². The molecule has 0 aromatic heterocycles. The molecule has 0 saturated heterocycles. The van der Waals surface area contributed by atoms with Crippen molar-refractivity contribution in [2.24, 2.45) is 0 Å². The van der Waals surface area contributed by atoms with E-state index in [4.69, 9.17) is 16.3 Å². The molecule has 0 saturated carbocycles. The van der Waals surface area contributed by atoms with Gasteiger partial charge in [0, 0.05) is 17.2 Å². The number of benzene rings is 1. The highest BCUT2D eigenvalue weighted by Gasteiger charge is 1.98. The van der Waals surface area contributed by atoms with Crippen LogP contribution in [0.15, 0.2) is 18.2 Å². The Morgan fingerprint density at radius 2 is 2.31 bits per heavy atom. The molecule has 0 bridgehead atoms. The maximum Gasteiger partial charge on any atom is 0.0648 e. The van der Waals surface area contributed by atoms with Crippen LogP contribution in [0.4, 0.5) is 5.69 Å². The van der Waals surface area contributed by atoms with Crippen molar-refractivity contribution in [1.82, 2.24) is 0 Å². The van der Waals surface area contributed by atoms with Gasteiger partial charge in [-0.3, -0.25) is 0 Å². The third-order valence-corrected chi connectivity index (χ3v) is 2.54. The lowest BCUT2D eigenvalue weighted by molar-refractivity contribution is 0.211. The Kier molecular flexibility index (Phi) is 4.83. The van der Waals surface area contributed by atoms with E-state index in [1.54, 1.807) is 7.11 Å². The molecule has 2 nitrogen and oxygen atoms in total. The molecule has 72 valence electrons. The lowest BCUT2D eigenvalue weighted by atomic mass is 10.3. The SMILES string of the molecule is COCCNc1ccc(I)cc1Cl. The van der Waals surface area contributed by atoms with Gasteiger partial charge in [0.25, 0.3) is 0 Å². The van der Waals surface area contributed by atoms with Crippen LogP contribution in [-0.4, -0.2) is 20.3 Å². The molecule has 0 aliphatic heterocycles. The first-order chi connectivity index (χ1) is 6.24. The summed E-state index contributed by atoms with van der Waals surface area (Å²) in [4.78, 5) is 0. The second kappa shape index (κ2) is 5.67. The molecule has 1 N–H and O–H groups in total. The van der Waals surface area contributed by atoms with Crippen LogP contribution < -0.4 is 5.32 Å². The quantitative estimate of drug-likeness (QED) is 0.682. The highest BCUT2D eigenvalue weighted by molar-refractivity contribution is 14.1. The molecule has 0 amide bonds. The predicted molar refractivity (Wildman–Crippen MR) is 64.5 cm³/mol. The van der Waals surface area contributed by atoms with Crippen molar-refractivity contribution in [3.05, 3.63) is 26.8 Å². The zero-order chi connectivity index (χ0) is 9.68. The number of nitrogens with one attached hydrogen (secondary N) is 1. The van der Waals surface area contributed by atoms with Crippen molar-refractivity contribution in [3.63, 3.8) is 0 Å². The first-order valence-corrected chi connectivity index (χ1v) is 5.37. The summed E-state index contributed by atoms with van der Waals surface area (Å²) in [6.07, 6.45) is 0. The average molecular weight is 312 g/mol. The first-order valence-electron chi connectivity index (χ1n) is 3.92. The topological polar surface area (TPSA) is 21.3 Å². The van der Waals surface area contributed by atoms with E-state index < -0.39 is 0 Å². The molecule has 0 unspecified atom stereocenters. The van der Waals surface area contributed by atoms with E-state index in [1.165, 1.54) is 0 Å². The van der Waals surface area contributed by atoms with Crippen LogP contribution in [0, 0.1) is 3.57 Å². The van der Waals surface area contributed by atoms with E-state index in [0.29, 0.717) is 6.61 Å². The minimum atomic E-state index is 0.683. The van der Waals surface area contributed by atoms with E-state index >= 15 is 0 Å². The summed E-state index contributed by atoms with van der Waals surface area (Å²) >= 11 is 8.23.